The van der Waals surface area contributed by atoms with Gasteiger partial charge in [0.1, 0.15) is 12.9 Å². The lowest BCUT2D eigenvalue weighted by Crippen LogP contribution is -2.08. The normalized spacial score (nSPS) is 12.4. The van der Waals surface area contributed by atoms with Gasteiger partial charge < -0.3 is 18.4 Å². The fourth-order valence-corrected chi connectivity index (χ4v) is 4.37. The van der Waals surface area contributed by atoms with Gasteiger partial charge in [-0.15, -0.1) is 10.2 Å². The molecule has 0 aliphatic heterocycles. The van der Waals surface area contributed by atoms with Gasteiger partial charge in [-0.25, -0.2) is 4.79 Å². The number of oxazole rings is 1. The van der Waals surface area contributed by atoms with E-state index in [1.54, 1.807) is 20.0 Å². The first-order valence-electron chi connectivity index (χ1n) is 11.8. The highest BCUT2D eigenvalue weighted by Crippen LogP contribution is 2.34. The number of unbranched alkanes of at least 4 members (excludes halogenated alkanes) is 1. The number of benzene rings is 2. The van der Waals surface area contributed by atoms with Crippen molar-refractivity contribution < 1.29 is 22.8 Å². The summed E-state index contributed by atoms with van der Waals surface area (Å²) in [6, 6.07) is 7.48. The first-order valence-corrected chi connectivity index (χ1v) is 11.8. The van der Waals surface area contributed by atoms with Gasteiger partial charge in [0.25, 0.3) is 5.97 Å². The standard InChI is InChI=1S/C27H29FN4O5/c1-15-11-18(13-21(24(15)34-5)26(28)31-35-6)20(9-7-8-10-23-30-29-17(3)36-23)19-12-16(2)25-22(14-19)32(4)27(33)37-25/h9,11-14H,7-8,10H2,1-6H3/b20-9+,31-26?. The maximum atomic E-state index is 14.9. The molecule has 4 rings (SSSR count). The first kappa shape index (κ1) is 25.9. The highest BCUT2D eigenvalue weighted by atomic mass is 19.1. The molecular weight excluding hydrogens is 479 g/mol. The Balaban J connectivity index is 1.83. The third-order valence-corrected chi connectivity index (χ3v) is 6.09. The first-order chi connectivity index (χ1) is 17.7. The summed E-state index contributed by atoms with van der Waals surface area (Å²) < 4.78 is 32.7. The van der Waals surface area contributed by atoms with E-state index in [2.05, 4.69) is 26.3 Å². The topological polar surface area (TPSA) is 105 Å². The van der Waals surface area contributed by atoms with Crippen molar-refractivity contribution in [1.82, 2.24) is 14.8 Å². The molecule has 10 heteroatoms. The van der Waals surface area contributed by atoms with E-state index in [-0.39, 0.29) is 5.56 Å². The van der Waals surface area contributed by atoms with Crippen molar-refractivity contribution in [3.05, 3.63) is 80.5 Å². The lowest BCUT2D eigenvalue weighted by atomic mass is 9.92. The van der Waals surface area contributed by atoms with Gasteiger partial charge in [0, 0.05) is 20.4 Å². The number of aromatic nitrogens is 3. The number of aryl methyl sites for hydroxylation is 5. The average Bonchev–Trinajstić information content (AvgIpc) is 3.41. The number of oxime groups is 1. The second-order valence-electron chi connectivity index (χ2n) is 8.73. The summed E-state index contributed by atoms with van der Waals surface area (Å²) in [4.78, 5) is 16.8. The van der Waals surface area contributed by atoms with E-state index >= 15 is 0 Å². The maximum Gasteiger partial charge on any atom is 0.419 e. The molecule has 9 nitrogen and oxygen atoms in total. The van der Waals surface area contributed by atoms with E-state index in [9.17, 15) is 9.18 Å². The number of hydrogen-bond donors (Lipinski definition) is 0. The van der Waals surface area contributed by atoms with Gasteiger partial charge in [-0.2, -0.15) is 4.39 Å². The molecule has 0 aliphatic carbocycles. The number of ether oxygens (including phenoxy) is 1. The van der Waals surface area contributed by atoms with Crippen LogP contribution in [0.4, 0.5) is 4.39 Å². The predicted octanol–water partition coefficient (Wildman–Crippen LogP) is 5.18. The molecule has 0 saturated heterocycles. The van der Waals surface area contributed by atoms with E-state index in [0.29, 0.717) is 41.5 Å². The molecule has 2 aromatic carbocycles. The molecule has 4 aromatic rings. The highest BCUT2D eigenvalue weighted by Gasteiger charge is 2.19. The monoisotopic (exact) mass is 508 g/mol. The molecule has 0 saturated carbocycles. The molecule has 0 amide bonds. The van der Waals surface area contributed by atoms with Gasteiger partial charge >= 0.3 is 5.76 Å². The van der Waals surface area contributed by atoms with Crippen LogP contribution in [0.2, 0.25) is 0 Å². The molecule has 0 fully saturated rings. The van der Waals surface area contributed by atoms with Gasteiger partial charge in [-0.3, -0.25) is 4.57 Å². The number of hydrogen-bond acceptors (Lipinski definition) is 8. The van der Waals surface area contributed by atoms with Crippen molar-refractivity contribution in [3.8, 4) is 5.75 Å². The third kappa shape index (κ3) is 5.32. The number of nitrogens with zero attached hydrogens (tertiary/aromatic N) is 4. The zero-order valence-electron chi connectivity index (χ0n) is 21.7. The average molecular weight is 509 g/mol. The van der Waals surface area contributed by atoms with E-state index in [4.69, 9.17) is 13.6 Å². The Hall–Kier alpha value is -4.21. The Morgan fingerprint density at radius 3 is 2.49 bits per heavy atom. The lowest BCUT2D eigenvalue weighted by molar-refractivity contribution is 0.209. The van der Waals surface area contributed by atoms with E-state index in [0.717, 1.165) is 34.2 Å². The molecule has 0 unspecified atom stereocenters. The molecule has 0 aliphatic rings. The second kappa shape index (κ2) is 10.8. The summed E-state index contributed by atoms with van der Waals surface area (Å²) in [7, 11) is 4.43. The van der Waals surface area contributed by atoms with Crippen LogP contribution in [0.5, 0.6) is 5.75 Å². The molecule has 2 heterocycles. The van der Waals surface area contributed by atoms with E-state index < -0.39 is 11.7 Å². The number of methoxy groups -OCH3 is 1. The molecule has 0 atom stereocenters. The Morgan fingerprint density at radius 1 is 1.08 bits per heavy atom. The smallest absolute Gasteiger partial charge is 0.419 e. The van der Waals surface area contributed by atoms with Crippen molar-refractivity contribution in [1.29, 1.82) is 0 Å². The second-order valence-corrected chi connectivity index (χ2v) is 8.73. The van der Waals surface area contributed by atoms with Crippen LogP contribution >= 0.6 is 0 Å². The molecule has 0 N–H and O–H groups in total. The summed E-state index contributed by atoms with van der Waals surface area (Å²) in [6.07, 6.45) is 4.16. The minimum atomic E-state index is -0.792. The summed E-state index contributed by atoms with van der Waals surface area (Å²) in [6.45, 7) is 5.49. The molecule has 194 valence electrons. The zero-order valence-corrected chi connectivity index (χ0v) is 21.7. The SMILES string of the molecule is CON=C(F)c1cc(/C(=C\CCCc2nnc(C)o2)c2cc(C)c3oc(=O)n(C)c3c2)cc(C)c1OC. The number of allylic oxidation sites excluding steroid dienone is 1. The highest BCUT2D eigenvalue weighted by molar-refractivity contribution is 5.98. The van der Waals surface area contributed by atoms with Gasteiger partial charge in [-0.1, -0.05) is 11.2 Å². The Labute approximate surface area is 213 Å². The van der Waals surface area contributed by atoms with E-state index in [1.165, 1.54) is 18.8 Å². The lowest BCUT2D eigenvalue weighted by Gasteiger charge is -2.16. The minimum absolute atomic E-state index is 0.181. The molecule has 0 bridgehead atoms. The van der Waals surface area contributed by atoms with Crippen molar-refractivity contribution in [2.75, 3.05) is 14.2 Å². The zero-order chi connectivity index (χ0) is 26.7. The molecule has 0 spiro atoms. The van der Waals surface area contributed by atoms with Gasteiger partial charge in [0.05, 0.1) is 18.2 Å². The fourth-order valence-electron chi connectivity index (χ4n) is 4.37. The number of fused-ring (bicyclic) bond motifs is 1. The Kier molecular flexibility index (Phi) is 7.56. The van der Waals surface area contributed by atoms with Gasteiger partial charge in [0.2, 0.25) is 11.8 Å². The largest absolute Gasteiger partial charge is 0.496 e. The van der Waals surface area contributed by atoms with E-state index in [1.807, 2.05) is 32.0 Å². The van der Waals surface area contributed by atoms with Crippen molar-refractivity contribution in [2.45, 2.75) is 40.0 Å². The Morgan fingerprint density at radius 2 is 1.81 bits per heavy atom. The summed E-state index contributed by atoms with van der Waals surface area (Å²) in [5.41, 5.74) is 5.41. The summed E-state index contributed by atoms with van der Waals surface area (Å²) >= 11 is 0. The molecule has 37 heavy (non-hydrogen) atoms. The van der Waals surface area contributed by atoms with Crippen LogP contribution in [-0.4, -0.2) is 34.9 Å². The summed E-state index contributed by atoms with van der Waals surface area (Å²) in [5, 5.41) is 11.4. The molecule has 2 aromatic heterocycles. The van der Waals surface area contributed by atoms with Crippen molar-refractivity contribution in [2.24, 2.45) is 12.2 Å². The van der Waals surface area contributed by atoms with Gasteiger partial charge in [0.15, 0.2) is 5.58 Å². The van der Waals surface area contributed by atoms with Gasteiger partial charge in [-0.05, 0) is 78.8 Å². The van der Waals surface area contributed by atoms with Crippen LogP contribution in [0, 0.1) is 20.8 Å². The van der Waals surface area contributed by atoms with Crippen LogP contribution in [-0.2, 0) is 18.3 Å². The van der Waals surface area contributed by atoms with Crippen molar-refractivity contribution in [3.63, 3.8) is 0 Å². The van der Waals surface area contributed by atoms with Crippen LogP contribution in [0.1, 0.15) is 52.4 Å². The van der Waals surface area contributed by atoms with Crippen molar-refractivity contribution >= 4 is 22.6 Å². The number of rotatable bonds is 9. The summed E-state index contributed by atoms with van der Waals surface area (Å²) in [5.74, 6) is 0.257. The number of halogens is 1. The van der Waals surface area contributed by atoms with Crippen LogP contribution in [0.25, 0.3) is 16.7 Å². The quantitative estimate of drug-likeness (QED) is 0.174. The molecular formula is C27H29FN4O5. The fraction of sp³-hybridized carbons (Fsp3) is 0.333. The molecule has 0 radical (unpaired) electrons. The van der Waals surface area contributed by atoms with Crippen LogP contribution in [0.3, 0.4) is 0 Å². The Bertz CT molecular complexity index is 1560. The maximum absolute atomic E-state index is 14.9. The predicted molar refractivity (Wildman–Crippen MR) is 138 cm³/mol. The minimum Gasteiger partial charge on any atom is -0.496 e. The van der Waals surface area contributed by atoms with Crippen LogP contribution < -0.4 is 10.5 Å². The van der Waals surface area contributed by atoms with Crippen LogP contribution in [0.15, 0.2) is 49.1 Å². The third-order valence-electron chi connectivity index (χ3n) is 6.09.